The molecule has 0 radical (unpaired) electrons. The molecule has 0 atom stereocenters. The molecule has 1 aliphatic rings. The summed E-state index contributed by atoms with van der Waals surface area (Å²) in [7, 11) is 0. The molecule has 1 aliphatic carbocycles. The lowest BCUT2D eigenvalue weighted by atomic mass is 10.1. The number of hydrogen-bond donors (Lipinski definition) is 1. The highest BCUT2D eigenvalue weighted by Crippen LogP contribution is 2.21. The van der Waals surface area contributed by atoms with E-state index in [0.29, 0.717) is 0 Å². The zero-order chi connectivity index (χ0) is 12.5. The monoisotopic (exact) mass is 241 g/mol. The third-order valence-corrected chi connectivity index (χ3v) is 3.52. The minimum Gasteiger partial charge on any atom is -0.310 e. The van der Waals surface area contributed by atoms with E-state index in [2.05, 4.69) is 40.0 Å². The van der Waals surface area contributed by atoms with Crippen molar-refractivity contribution < 1.29 is 0 Å². The van der Waals surface area contributed by atoms with Gasteiger partial charge in [0.05, 0.1) is 0 Å². The first-order valence-corrected chi connectivity index (χ1v) is 6.57. The van der Waals surface area contributed by atoms with Crippen molar-refractivity contribution in [2.75, 3.05) is 0 Å². The number of hydrogen-bond acceptors (Lipinski definition) is 2. The van der Waals surface area contributed by atoms with Gasteiger partial charge in [-0.25, -0.2) is 4.98 Å². The number of benzene rings is 1. The summed E-state index contributed by atoms with van der Waals surface area (Å²) < 4.78 is 2.13. The third kappa shape index (κ3) is 2.31. The molecule has 0 saturated heterocycles. The van der Waals surface area contributed by atoms with Crippen LogP contribution >= 0.6 is 0 Å². The van der Waals surface area contributed by atoms with Gasteiger partial charge in [-0.2, -0.15) is 0 Å². The van der Waals surface area contributed by atoms with Crippen molar-refractivity contribution in [1.82, 2.24) is 14.9 Å². The minimum atomic E-state index is 0.765. The summed E-state index contributed by atoms with van der Waals surface area (Å²) in [5, 5.41) is 3.55. The van der Waals surface area contributed by atoms with Crippen LogP contribution in [0.4, 0.5) is 0 Å². The number of nitrogens with zero attached hydrogens (tertiary/aromatic N) is 2. The molecule has 3 heteroatoms. The molecular formula is C15H19N3. The molecule has 1 saturated carbocycles. The average molecular weight is 241 g/mol. The fourth-order valence-corrected chi connectivity index (χ4v) is 2.28. The molecule has 1 N–H and O–H groups in total. The van der Waals surface area contributed by atoms with Crippen molar-refractivity contribution in [3.8, 4) is 5.69 Å². The van der Waals surface area contributed by atoms with Crippen molar-refractivity contribution >= 4 is 0 Å². The summed E-state index contributed by atoms with van der Waals surface area (Å²) in [6, 6.07) is 7.43. The van der Waals surface area contributed by atoms with Gasteiger partial charge in [0.25, 0.3) is 0 Å². The Balaban J connectivity index is 1.82. The van der Waals surface area contributed by atoms with Gasteiger partial charge in [-0.3, -0.25) is 0 Å². The Hall–Kier alpha value is -1.61. The maximum atomic E-state index is 4.27. The van der Waals surface area contributed by atoms with Crippen molar-refractivity contribution in [2.45, 2.75) is 39.3 Å². The Morgan fingerprint density at radius 3 is 2.78 bits per heavy atom. The maximum Gasteiger partial charge on any atom is 0.110 e. The molecule has 1 heterocycles. The van der Waals surface area contributed by atoms with E-state index >= 15 is 0 Å². The second-order valence-electron chi connectivity index (χ2n) is 5.12. The average Bonchev–Trinajstić information content (AvgIpc) is 3.09. The summed E-state index contributed by atoms with van der Waals surface area (Å²) in [6.45, 7) is 5.17. The first kappa shape index (κ1) is 11.5. The fraction of sp³-hybridized carbons (Fsp3) is 0.400. The van der Waals surface area contributed by atoms with Crippen LogP contribution in [0, 0.1) is 13.8 Å². The van der Waals surface area contributed by atoms with Gasteiger partial charge in [-0.1, -0.05) is 12.1 Å². The smallest absolute Gasteiger partial charge is 0.110 e. The van der Waals surface area contributed by atoms with Crippen molar-refractivity contribution in [3.05, 3.63) is 47.5 Å². The SMILES string of the molecule is Cc1cc(CNC2CC2)ccc1-n1ccnc1C. The lowest BCUT2D eigenvalue weighted by molar-refractivity contribution is 0.687. The molecule has 0 unspecified atom stereocenters. The quantitative estimate of drug-likeness (QED) is 0.892. The lowest BCUT2D eigenvalue weighted by Crippen LogP contribution is -2.15. The van der Waals surface area contributed by atoms with Crippen LogP contribution in [-0.2, 0) is 6.54 Å². The van der Waals surface area contributed by atoms with Crippen molar-refractivity contribution in [1.29, 1.82) is 0 Å². The van der Waals surface area contributed by atoms with Crippen LogP contribution in [0.2, 0.25) is 0 Å². The summed E-state index contributed by atoms with van der Waals surface area (Å²) in [4.78, 5) is 4.27. The fourth-order valence-electron chi connectivity index (χ4n) is 2.28. The first-order valence-electron chi connectivity index (χ1n) is 6.57. The number of rotatable bonds is 4. The molecule has 0 aliphatic heterocycles. The maximum absolute atomic E-state index is 4.27. The highest BCUT2D eigenvalue weighted by Gasteiger charge is 2.19. The van der Waals surface area contributed by atoms with Crippen LogP contribution in [0.1, 0.15) is 29.8 Å². The third-order valence-electron chi connectivity index (χ3n) is 3.52. The first-order chi connectivity index (χ1) is 8.74. The molecule has 18 heavy (non-hydrogen) atoms. The Kier molecular flexibility index (Phi) is 2.92. The molecule has 3 rings (SSSR count). The zero-order valence-corrected chi connectivity index (χ0v) is 11.0. The van der Waals surface area contributed by atoms with E-state index in [4.69, 9.17) is 0 Å². The topological polar surface area (TPSA) is 29.9 Å². The summed E-state index contributed by atoms with van der Waals surface area (Å²) in [6.07, 6.45) is 6.54. The van der Waals surface area contributed by atoms with Crippen LogP contribution in [0.15, 0.2) is 30.6 Å². The van der Waals surface area contributed by atoms with Gasteiger partial charge in [0, 0.05) is 30.7 Å². The molecule has 94 valence electrons. The molecule has 0 bridgehead atoms. The van der Waals surface area contributed by atoms with Gasteiger partial charge in [-0.05, 0) is 43.9 Å². The summed E-state index contributed by atoms with van der Waals surface area (Å²) in [5.74, 6) is 1.03. The Morgan fingerprint density at radius 2 is 2.17 bits per heavy atom. The predicted octanol–water partition coefficient (Wildman–Crippen LogP) is 2.74. The van der Waals surface area contributed by atoms with Crippen LogP contribution < -0.4 is 5.32 Å². The molecular weight excluding hydrogens is 222 g/mol. The van der Waals surface area contributed by atoms with Gasteiger partial charge in [0.1, 0.15) is 5.82 Å². The molecule has 1 aromatic heterocycles. The van der Waals surface area contributed by atoms with E-state index in [0.717, 1.165) is 18.4 Å². The minimum absolute atomic E-state index is 0.765. The van der Waals surface area contributed by atoms with Gasteiger partial charge in [0.15, 0.2) is 0 Å². The number of aromatic nitrogens is 2. The highest BCUT2D eigenvalue weighted by molar-refractivity contribution is 5.43. The number of imidazole rings is 1. The standard InChI is InChI=1S/C15H19N3/c1-11-9-13(10-17-14-4-5-14)3-6-15(11)18-8-7-16-12(18)2/h3,6-9,14,17H,4-5,10H2,1-2H3. The van der Waals surface area contributed by atoms with E-state index < -0.39 is 0 Å². The van der Waals surface area contributed by atoms with E-state index in [1.165, 1.54) is 29.7 Å². The Bertz CT molecular complexity index is 553. The van der Waals surface area contributed by atoms with E-state index in [-0.39, 0.29) is 0 Å². The largest absolute Gasteiger partial charge is 0.310 e. The van der Waals surface area contributed by atoms with Crippen LogP contribution in [-0.4, -0.2) is 15.6 Å². The molecule has 0 amide bonds. The summed E-state index contributed by atoms with van der Waals surface area (Å²) in [5.41, 5.74) is 3.88. The van der Waals surface area contributed by atoms with Gasteiger partial charge >= 0.3 is 0 Å². The van der Waals surface area contributed by atoms with E-state index in [1.54, 1.807) is 0 Å². The molecule has 0 spiro atoms. The Morgan fingerprint density at radius 1 is 1.33 bits per heavy atom. The van der Waals surface area contributed by atoms with Crippen molar-refractivity contribution in [2.24, 2.45) is 0 Å². The van der Waals surface area contributed by atoms with Crippen LogP contribution in [0.25, 0.3) is 5.69 Å². The Labute approximate surface area is 108 Å². The highest BCUT2D eigenvalue weighted by atomic mass is 15.1. The normalized spacial score (nSPS) is 15.0. The van der Waals surface area contributed by atoms with E-state index in [9.17, 15) is 0 Å². The number of aryl methyl sites for hydroxylation is 2. The zero-order valence-electron chi connectivity index (χ0n) is 11.0. The van der Waals surface area contributed by atoms with Gasteiger partial charge in [0.2, 0.25) is 0 Å². The second-order valence-corrected chi connectivity index (χ2v) is 5.12. The molecule has 2 aromatic rings. The molecule has 3 nitrogen and oxygen atoms in total. The van der Waals surface area contributed by atoms with Crippen LogP contribution in [0.5, 0.6) is 0 Å². The van der Waals surface area contributed by atoms with Gasteiger partial charge in [-0.15, -0.1) is 0 Å². The van der Waals surface area contributed by atoms with E-state index in [1.807, 2.05) is 19.3 Å². The summed E-state index contributed by atoms with van der Waals surface area (Å²) >= 11 is 0. The van der Waals surface area contributed by atoms with Gasteiger partial charge < -0.3 is 9.88 Å². The van der Waals surface area contributed by atoms with Crippen molar-refractivity contribution in [3.63, 3.8) is 0 Å². The predicted molar refractivity (Wildman–Crippen MR) is 72.9 cm³/mol. The number of nitrogens with one attached hydrogen (secondary N) is 1. The molecule has 1 fully saturated rings. The lowest BCUT2D eigenvalue weighted by Gasteiger charge is -2.11. The second kappa shape index (κ2) is 4.58. The molecule has 1 aromatic carbocycles. The van der Waals surface area contributed by atoms with Crippen LogP contribution in [0.3, 0.4) is 0 Å².